The topological polar surface area (TPSA) is 152 Å². The zero-order valence-corrected chi connectivity index (χ0v) is 28.4. The van der Waals surface area contributed by atoms with Crippen LogP contribution in [0.15, 0.2) is 77.1 Å². The second-order valence-corrected chi connectivity index (χ2v) is 11.2. The molecule has 49 heavy (non-hydrogen) atoms. The number of allylic oxidation sites excluding steroid dienone is 2. The molecule has 2 aliphatic rings. The number of alkyl halides is 3. The Morgan fingerprint density at radius 3 is 2.49 bits per heavy atom. The minimum atomic E-state index is -5.03. The fraction of sp³-hybridized carbons (Fsp3) is 0.438. The maximum atomic E-state index is 14.1. The molecule has 0 saturated carbocycles. The van der Waals surface area contributed by atoms with Crippen molar-refractivity contribution in [1.82, 2.24) is 15.5 Å². The van der Waals surface area contributed by atoms with Crippen molar-refractivity contribution in [3.05, 3.63) is 92.8 Å². The van der Waals surface area contributed by atoms with Crippen molar-refractivity contribution >= 4 is 42.4 Å². The Kier molecular flexibility index (Phi) is 15.8. The largest absolute Gasteiger partial charge is 0.491 e. The molecule has 0 aliphatic carbocycles. The van der Waals surface area contributed by atoms with Gasteiger partial charge in [0.1, 0.15) is 30.3 Å². The highest BCUT2D eigenvalue weighted by atomic mass is 35.5. The third kappa shape index (κ3) is 11.1. The number of non-ortho nitro benzene ring substituents is 1. The van der Waals surface area contributed by atoms with Crippen LogP contribution in [0.4, 0.5) is 18.9 Å². The molecule has 3 N–H and O–H groups in total. The lowest BCUT2D eigenvalue weighted by molar-refractivity contribution is -0.384. The number of esters is 2. The van der Waals surface area contributed by atoms with Crippen LogP contribution in [0.5, 0.6) is 5.75 Å². The summed E-state index contributed by atoms with van der Waals surface area (Å²) in [5, 5.41) is 26.9. The normalized spacial score (nSPS) is 18.5. The van der Waals surface area contributed by atoms with E-state index in [-0.39, 0.29) is 48.3 Å². The number of benzene rings is 2. The number of nitro benzene ring substituents is 1. The van der Waals surface area contributed by atoms with Gasteiger partial charge in [0.15, 0.2) is 0 Å². The number of halogens is 5. The molecule has 0 amide bonds. The summed E-state index contributed by atoms with van der Waals surface area (Å²) in [6.07, 6.45) is -5.08. The summed E-state index contributed by atoms with van der Waals surface area (Å²) < 4.78 is 58.4. The van der Waals surface area contributed by atoms with E-state index in [9.17, 15) is 38.0 Å². The number of ether oxygens (including phenoxy) is 3. The first-order valence-corrected chi connectivity index (χ1v) is 15.0. The number of rotatable bonds is 14. The zero-order chi connectivity index (χ0) is 34.1. The third-order valence-corrected chi connectivity index (χ3v) is 7.78. The Morgan fingerprint density at radius 2 is 1.84 bits per heavy atom. The van der Waals surface area contributed by atoms with E-state index in [0.717, 1.165) is 25.7 Å². The lowest BCUT2D eigenvalue weighted by atomic mass is 9.80. The number of aliphatic hydroxyl groups excluding tert-OH is 1. The quantitative estimate of drug-likeness (QED) is 0.109. The first-order chi connectivity index (χ1) is 22.4. The first kappa shape index (κ1) is 41.3. The molecule has 2 heterocycles. The first-order valence-electron chi connectivity index (χ1n) is 15.0. The van der Waals surface area contributed by atoms with Crippen molar-refractivity contribution in [2.24, 2.45) is 0 Å². The van der Waals surface area contributed by atoms with Gasteiger partial charge in [-0.25, -0.2) is 9.59 Å². The molecule has 12 nitrogen and oxygen atoms in total. The Labute approximate surface area is 293 Å². The van der Waals surface area contributed by atoms with Crippen LogP contribution < -0.4 is 15.4 Å². The lowest BCUT2D eigenvalue weighted by Gasteiger charge is -2.32. The number of aliphatic hydroxyl groups is 1. The Morgan fingerprint density at radius 1 is 1.12 bits per heavy atom. The van der Waals surface area contributed by atoms with Gasteiger partial charge in [-0.3, -0.25) is 15.0 Å². The van der Waals surface area contributed by atoms with Gasteiger partial charge in [-0.2, -0.15) is 13.2 Å². The van der Waals surface area contributed by atoms with Crippen LogP contribution in [-0.2, 0) is 19.1 Å². The summed E-state index contributed by atoms with van der Waals surface area (Å²) in [7, 11) is 0.905. The van der Waals surface area contributed by atoms with Gasteiger partial charge in [-0.05, 0) is 50.6 Å². The molecule has 2 aromatic rings. The Hall–Kier alpha value is -3.89. The van der Waals surface area contributed by atoms with Crippen molar-refractivity contribution in [2.45, 2.75) is 44.1 Å². The third-order valence-electron chi connectivity index (χ3n) is 7.78. The number of para-hydroxylation sites is 1. The molecule has 2 aliphatic heterocycles. The molecule has 1 fully saturated rings. The zero-order valence-electron chi connectivity index (χ0n) is 26.7. The van der Waals surface area contributed by atoms with Crippen molar-refractivity contribution in [2.75, 3.05) is 46.4 Å². The van der Waals surface area contributed by atoms with Crippen LogP contribution in [0.25, 0.3) is 0 Å². The van der Waals surface area contributed by atoms with Gasteiger partial charge in [-0.1, -0.05) is 30.3 Å². The minimum absolute atomic E-state index is 0. The maximum Gasteiger partial charge on any atom is 0.431 e. The smallest absolute Gasteiger partial charge is 0.431 e. The second kappa shape index (κ2) is 18.8. The fourth-order valence-corrected chi connectivity index (χ4v) is 5.58. The van der Waals surface area contributed by atoms with Crippen molar-refractivity contribution in [1.29, 1.82) is 0 Å². The number of methoxy groups -OCH3 is 1. The average molecular weight is 736 g/mol. The van der Waals surface area contributed by atoms with Gasteiger partial charge in [0.05, 0.1) is 29.1 Å². The molecule has 1 saturated heterocycles. The summed E-state index contributed by atoms with van der Waals surface area (Å²) >= 11 is 0. The molecule has 0 radical (unpaired) electrons. The molecule has 0 bridgehead atoms. The molecule has 17 heteroatoms. The predicted molar refractivity (Wildman–Crippen MR) is 178 cm³/mol. The highest BCUT2D eigenvalue weighted by Gasteiger charge is 2.48. The molecule has 2 aromatic carbocycles. The number of nitrogens with zero attached hydrogens (tertiary/aromatic N) is 2. The number of dihydropyridines is 1. The SMILES string of the molecule is COC(=O)C1=C(C(F)(F)F)NC(C)=C(C(=O)OC2CCN(CCCNCC(O)COc3ccccc3)C2)C1c1cccc([N+](=O)[O-])c1.Cl.Cl. The van der Waals surface area contributed by atoms with Crippen LogP contribution in [-0.4, -0.2) is 91.7 Å². The summed E-state index contributed by atoms with van der Waals surface area (Å²) in [5.74, 6) is -3.27. The molecule has 4 rings (SSSR count). The minimum Gasteiger partial charge on any atom is -0.491 e. The van der Waals surface area contributed by atoms with E-state index < -0.39 is 58.1 Å². The van der Waals surface area contributed by atoms with Gasteiger partial charge in [0.25, 0.3) is 5.69 Å². The van der Waals surface area contributed by atoms with E-state index in [2.05, 4.69) is 20.3 Å². The van der Waals surface area contributed by atoms with Gasteiger partial charge >= 0.3 is 18.1 Å². The van der Waals surface area contributed by atoms with Crippen LogP contribution in [0.1, 0.15) is 31.2 Å². The lowest BCUT2D eigenvalue weighted by Crippen LogP contribution is -2.39. The van der Waals surface area contributed by atoms with Gasteiger partial charge in [0.2, 0.25) is 0 Å². The average Bonchev–Trinajstić information content (AvgIpc) is 3.49. The van der Waals surface area contributed by atoms with E-state index in [4.69, 9.17) is 9.47 Å². The van der Waals surface area contributed by atoms with E-state index in [1.165, 1.54) is 19.1 Å². The van der Waals surface area contributed by atoms with Gasteiger partial charge in [0, 0.05) is 37.5 Å². The van der Waals surface area contributed by atoms with Crippen LogP contribution in [0.3, 0.4) is 0 Å². The number of nitrogens with one attached hydrogen (secondary N) is 2. The molecule has 0 aromatic heterocycles. The van der Waals surface area contributed by atoms with E-state index in [0.29, 0.717) is 44.9 Å². The van der Waals surface area contributed by atoms with Crippen LogP contribution in [0.2, 0.25) is 0 Å². The van der Waals surface area contributed by atoms with Crippen LogP contribution in [0, 0.1) is 10.1 Å². The van der Waals surface area contributed by atoms with Crippen molar-refractivity contribution in [3.63, 3.8) is 0 Å². The summed E-state index contributed by atoms with van der Waals surface area (Å²) in [6.45, 7) is 4.03. The standard InChI is InChI=1S/C32H37F3N4O8.2ClH/c1-20-26(27(21-8-6-9-22(16-21)39(43)44)28(30(41)45-2)29(37-20)32(33,34)35)31(42)47-25-12-15-38(18-25)14-7-13-36-17-23(40)19-46-24-10-4-3-5-11-24;;/h3-6,8-11,16,23,25,27,36-37,40H,7,12-15,17-19H2,1-2H3;2*1H. The maximum absolute atomic E-state index is 14.1. The predicted octanol–water partition coefficient (Wildman–Crippen LogP) is 4.43. The Balaban J connectivity index is 0.00000417. The molecular weight excluding hydrogens is 696 g/mol. The Bertz CT molecular complexity index is 1510. The number of carbonyl (C=O) groups is 2. The highest BCUT2D eigenvalue weighted by Crippen LogP contribution is 2.44. The highest BCUT2D eigenvalue weighted by molar-refractivity contribution is 6.00. The number of hydrogen-bond acceptors (Lipinski definition) is 11. The monoisotopic (exact) mass is 734 g/mol. The summed E-state index contributed by atoms with van der Waals surface area (Å²) in [6, 6.07) is 13.9. The van der Waals surface area contributed by atoms with Crippen molar-refractivity contribution < 1.29 is 47.0 Å². The molecule has 3 unspecified atom stereocenters. The molecule has 270 valence electrons. The van der Waals surface area contributed by atoms with Crippen molar-refractivity contribution in [3.8, 4) is 5.75 Å². The van der Waals surface area contributed by atoms with Crippen LogP contribution >= 0.6 is 24.8 Å². The molecule has 3 atom stereocenters. The van der Waals surface area contributed by atoms with Gasteiger partial charge < -0.3 is 30.0 Å². The fourth-order valence-electron chi connectivity index (χ4n) is 5.58. The van der Waals surface area contributed by atoms with E-state index in [1.807, 2.05) is 18.2 Å². The number of nitro groups is 1. The number of likely N-dealkylation sites (tertiary alicyclic amines) is 1. The number of hydrogen-bond donors (Lipinski definition) is 3. The molecule has 0 spiro atoms. The van der Waals surface area contributed by atoms with E-state index >= 15 is 0 Å². The van der Waals surface area contributed by atoms with E-state index in [1.54, 1.807) is 12.1 Å². The summed E-state index contributed by atoms with van der Waals surface area (Å²) in [4.78, 5) is 39.2. The second-order valence-electron chi connectivity index (χ2n) is 11.2. The summed E-state index contributed by atoms with van der Waals surface area (Å²) in [5.41, 5.74) is -3.33. The molecular formula is C32H39Cl2F3N4O8. The van der Waals surface area contributed by atoms with Gasteiger partial charge in [-0.15, -0.1) is 24.8 Å². The number of carbonyl (C=O) groups excluding carboxylic acids is 2.